The summed E-state index contributed by atoms with van der Waals surface area (Å²) in [5.74, 6) is 0.855. The van der Waals surface area contributed by atoms with Gasteiger partial charge in [0.1, 0.15) is 0 Å². The SMILES string of the molecule is CN=C(NCc1ccc(COC2CCOCC2)cc1)NC(C)CCC(C)(C)C.I. The van der Waals surface area contributed by atoms with Gasteiger partial charge in [0, 0.05) is 32.8 Å². The number of nitrogens with one attached hydrogen (secondary N) is 2. The average molecular weight is 517 g/mol. The number of hydrogen-bond donors (Lipinski definition) is 2. The molecular formula is C23H40IN3O2. The monoisotopic (exact) mass is 517 g/mol. The van der Waals surface area contributed by atoms with Gasteiger partial charge in [-0.15, -0.1) is 24.0 Å². The average Bonchev–Trinajstić information content (AvgIpc) is 2.69. The molecule has 1 aromatic rings. The molecule has 1 saturated heterocycles. The lowest BCUT2D eigenvalue weighted by atomic mass is 9.89. The van der Waals surface area contributed by atoms with E-state index in [-0.39, 0.29) is 24.0 Å². The van der Waals surface area contributed by atoms with E-state index in [4.69, 9.17) is 9.47 Å². The Morgan fingerprint density at radius 3 is 2.38 bits per heavy atom. The number of benzene rings is 1. The molecule has 29 heavy (non-hydrogen) atoms. The van der Waals surface area contributed by atoms with Crippen molar-refractivity contribution in [1.82, 2.24) is 10.6 Å². The Labute approximate surface area is 194 Å². The minimum absolute atomic E-state index is 0. The van der Waals surface area contributed by atoms with E-state index in [2.05, 4.69) is 67.6 Å². The highest BCUT2D eigenvalue weighted by atomic mass is 127. The van der Waals surface area contributed by atoms with Crippen LogP contribution in [0.15, 0.2) is 29.3 Å². The largest absolute Gasteiger partial charge is 0.381 e. The van der Waals surface area contributed by atoms with Gasteiger partial charge in [-0.3, -0.25) is 4.99 Å². The third-order valence-corrected chi connectivity index (χ3v) is 5.07. The zero-order chi connectivity index (χ0) is 20.4. The second-order valence-corrected chi connectivity index (χ2v) is 9.01. The first-order chi connectivity index (χ1) is 13.4. The van der Waals surface area contributed by atoms with Crippen LogP contribution < -0.4 is 10.6 Å². The summed E-state index contributed by atoms with van der Waals surface area (Å²) in [6.45, 7) is 12.1. The molecule has 166 valence electrons. The van der Waals surface area contributed by atoms with Crippen molar-refractivity contribution in [3.63, 3.8) is 0 Å². The molecule has 5 nitrogen and oxygen atoms in total. The van der Waals surface area contributed by atoms with Gasteiger partial charge in [-0.2, -0.15) is 0 Å². The summed E-state index contributed by atoms with van der Waals surface area (Å²) in [6.07, 6.45) is 4.66. The fraction of sp³-hybridized carbons (Fsp3) is 0.696. The number of nitrogens with zero attached hydrogens (tertiary/aromatic N) is 1. The molecule has 2 rings (SSSR count). The molecule has 1 aliphatic rings. The summed E-state index contributed by atoms with van der Waals surface area (Å²) >= 11 is 0. The van der Waals surface area contributed by atoms with Crippen molar-refractivity contribution in [2.45, 2.75) is 78.7 Å². The molecule has 0 amide bonds. The molecule has 0 spiro atoms. The first-order valence-corrected chi connectivity index (χ1v) is 10.6. The van der Waals surface area contributed by atoms with Crippen molar-refractivity contribution in [2.75, 3.05) is 20.3 Å². The zero-order valence-corrected chi connectivity index (χ0v) is 21.1. The smallest absolute Gasteiger partial charge is 0.191 e. The third kappa shape index (κ3) is 11.2. The highest BCUT2D eigenvalue weighted by Crippen LogP contribution is 2.21. The summed E-state index contributed by atoms with van der Waals surface area (Å²) in [6, 6.07) is 9.02. The van der Waals surface area contributed by atoms with Crippen LogP contribution in [0.1, 0.15) is 64.5 Å². The Bertz CT molecular complexity index is 593. The Morgan fingerprint density at radius 2 is 1.79 bits per heavy atom. The lowest BCUT2D eigenvalue weighted by Crippen LogP contribution is -2.42. The normalized spacial score (nSPS) is 16.8. The van der Waals surface area contributed by atoms with Crippen molar-refractivity contribution in [1.29, 1.82) is 0 Å². The molecule has 1 aromatic carbocycles. The predicted molar refractivity (Wildman–Crippen MR) is 132 cm³/mol. The van der Waals surface area contributed by atoms with Crippen LogP contribution in [0.5, 0.6) is 0 Å². The Morgan fingerprint density at radius 1 is 1.17 bits per heavy atom. The second-order valence-electron chi connectivity index (χ2n) is 9.01. The molecule has 1 aliphatic heterocycles. The van der Waals surface area contributed by atoms with E-state index in [0.29, 0.717) is 24.2 Å². The van der Waals surface area contributed by atoms with E-state index in [0.717, 1.165) is 45.0 Å². The highest BCUT2D eigenvalue weighted by Gasteiger charge is 2.14. The number of hydrogen-bond acceptors (Lipinski definition) is 3. The summed E-state index contributed by atoms with van der Waals surface area (Å²) in [4.78, 5) is 4.35. The zero-order valence-electron chi connectivity index (χ0n) is 18.8. The van der Waals surface area contributed by atoms with Crippen LogP contribution in [-0.4, -0.2) is 38.4 Å². The van der Waals surface area contributed by atoms with Crippen molar-refractivity contribution in [3.05, 3.63) is 35.4 Å². The van der Waals surface area contributed by atoms with E-state index < -0.39 is 0 Å². The van der Waals surface area contributed by atoms with E-state index >= 15 is 0 Å². The fourth-order valence-electron chi connectivity index (χ4n) is 3.15. The number of guanidine groups is 1. The molecule has 6 heteroatoms. The minimum atomic E-state index is 0. The van der Waals surface area contributed by atoms with Crippen LogP contribution in [0.2, 0.25) is 0 Å². The molecule has 1 fully saturated rings. The Kier molecular flexibility index (Phi) is 12.1. The minimum Gasteiger partial charge on any atom is -0.381 e. The molecule has 2 N–H and O–H groups in total. The summed E-state index contributed by atoms with van der Waals surface area (Å²) in [7, 11) is 1.82. The van der Waals surface area contributed by atoms with Crippen molar-refractivity contribution < 1.29 is 9.47 Å². The summed E-state index contributed by atoms with van der Waals surface area (Å²) < 4.78 is 11.4. The molecule has 0 bridgehead atoms. The lowest BCUT2D eigenvalue weighted by Gasteiger charge is -2.23. The van der Waals surface area contributed by atoms with Crippen LogP contribution in [-0.2, 0) is 22.6 Å². The predicted octanol–water partition coefficient (Wildman–Crippen LogP) is 4.88. The van der Waals surface area contributed by atoms with Crippen LogP contribution >= 0.6 is 24.0 Å². The van der Waals surface area contributed by atoms with Gasteiger partial charge in [0.05, 0.1) is 12.7 Å². The Hall–Kier alpha value is -0.860. The lowest BCUT2D eigenvalue weighted by molar-refractivity contribution is -0.0390. The molecule has 0 saturated carbocycles. The van der Waals surface area contributed by atoms with Crippen LogP contribution in [0.4, 0.5) is 0 Å². The fourth-order valence-corrected chi connectivity index (χ4v) is 3.15. The van der Waals surface area contributed by atoms with Gasteiger partial charge < -0.3 is 20.1 Å². The topological polar surface area (TPSA) is 54.9 Å². The van der Waals surface area contributed by atoms with Crippen molar-refractivity contribution in [3.8, 4) is 0 Å². The standard InChI is InChI=1S/C23H39N3O2.HI/c1-18(10-13-23(2,3)4)26-22(24-5)25-16-19-6-8-20(9-7-19)17-28-21-11-14-27-15-12-21;/h6-9,18,21H,10-17H2,1-5H3,(H2,24,25,26);1H. The van der Waals surface area contributed by atoms with E-state index in [1.165, 1.54) is 17.5 Å². The van der Waals surface area contributed by atoms with Gasteiger partial charge in [-0.1, -0.05) is 45.0 Å². The molecule has 1 heterocycles. The second kappa shape index (κ2) is 13.4. The van der Waals surface area contributed by atoms with Gasteiger partial charge in [0.2, 0.25) is 0 Å². The summed E-state index contributed by atoms with van der Waals surface area (Å²) in [5.41, 5.74) is 2.82. The summed E-state index contributed by atoms with van der Waals surface area (Å²) in [5, 5.41) is 6.90. The quantitative estimate of drug-likeness (QED) is 0.293. The van der Waals surface area contributed by atoms with Crippen molar-refractivity contribution in [2.24, 2.45) is 10.4 Å². The maximum atomic E-state index is 5.99. The molecule has 0 aromatic heterocycles. The molecular weight excluding hydrogens is 477 g/mol. The van der Waals surface area contributed by atoms with Crippen LogP contribution in [0, 0.1) is 5.41 Å². The number of aliphatic imine (C=N–C) groups is 1. The van der Waals surface area contributed by atoms with Crippen LogP contribution in [0.25, 0.3) is 0 Å². The first-order valence-electron chi connectivity index (χ1n) is 10.6. The first kappa shape index (κ1) is 26.2. The van der Waals surface area contributed by atoms with E-state index in [1.54, 1.807) is 0 Å². The van der Waals surface area contributed by atoms with E-state index in [1.807, 2.05) is 7.05 Å². The van der Waals surface area contributed by atoms with Gasteiger partial charge in [0.15, 0.2) is 5.96 Å². The number of halogens is 1. The Balaban J connectivity index is 0.00000420. The maximum absolute atomic E-state index is 5.99. The molecule has 1 atom stereocenters. The maximum Gasteiger partial charge on any atom is 0.191 e. The van der Waals surface area contributed by atoms with Gasteiger partial charge in [-0.25, -0.2) is 0 Å². The van der Waals surface area contributed by atoms with Crippen LogP contribution in [0.3, 0.4) is 0 Å². The molecule has 1 unspecified atom stereocenters. The van der Waals surface area contributed by atoms with Gasteiger partial charge in [0.25, 0.3) is 0 Å². The van der Waals surface area contributed by atoms with Crippen molar-refractivity contribution >= 4 is 29.9 Å². The highest BCUT2D eigenvalue weighted by molar-refractivity contribution is 14.0. The van der Waals surface area contributed by atoms with E-state index in [9.17, 15) is 0 Å². The van der Waals surface area contributed by atoms with Gasteiger partial charge >= 0.3 is 0 Å². The van der Waals surface area contributed by atoms with Gasteiger partial charge in [-0.05, 0) is 49.1 Å². The number of ether oxygens (including phenoxy) is 2. The third-order valence-electron chi connectivity index (χ3n) is 5.07. The molecule has 0 aliphatic carbocycles. The molecule has 0 radical (unpaired) electrons. The number of rotatable bonds is 8.